The molecule has 0 heterocycles. The van der Waals surface area contributed by atoms with E-state index >= 15 is 0 Å². The second-order valence-corrected chi connectivity index (χ2v) is 6.11. The first-order chi connectivity index (χ1) is 7.62. The lowest BCUT2D eigenvalue weighted by Gasteiger charge is -2.05. The van der Waals surface area contributed by atoms with Gasteiger partial charge in [0.05, 0.1) is 12.3 Å². The average molecular weight is 331 g/mol. The van der Waals surface area contributed by atoms with E-state index in [1.54, 1.807) is 0 Å². The Balaban J connectivity index is 0. The maximum absolute atomic E-state index is 11.5. The zero-order valence-electron chi connectivity index (χ0n) is 10.9. The Hall–Kier alpha value is 0.350. The van der Waals surface area contributed by atoms with Crippen molar-refractivity contribution in [2.75, 3.05) is 18.8 Å². The summed E-state index contributed by atoms with van der Waals surface area (Å²) in [6, 6.07) is 0. The highest BCUT2D eigenvalue weighted by Crippen LogP contribution is 2.05. The minimum absolute atomic E-state index is 0. The van der Waals surface area contributed by atoms with E-state index in [-0.39, 0.29) is 22.7 Å². The van der Waals surface area contributed by atoms with E-state index in [0.717, 1.165) is 32.2 Å². The quantitative estimate of drug-likeness (QED) is 0.426. The van der Waals surface area contributed by atoms with Gasteiger partial charge in [-0.15, -0.1) is 0 Å². The minimum Gasteiger partial charge on any atom is -1.00 e. The number of hydrogen-bond acceptors (Lipinski definition) is 2. The monoisotopic (exact) mass is 330 g/mol. The molecule has 0 unspecified atom stereocenters. The fourth-order valence-electron chi connectivity index (χ4n) is 1.50. The lowest BCUT2D eigenvalue weighted by molar-refractivity contribution is -0.367. The van der Waals surface area contributed by atoms with Gasteiger partial charge in [0.2, 0.25) is 10.0 Å². The van der Waals surface area contributed by atoms with Crippen LogP contribution < -0.4 is 27.4 Å². The van der Waals surface area contributed by atoms with Crippen LogP contribution in [0.25, 0.3) is 0 Å². The molecule has 0 aromatic carbocycles. The molecule has 0 aliphatic carbocycles. The summed E-state index contributed by atoms with van der Waals surface area (Å²) in [5.41, 5.74) is 3.67. The summed E-state index contributed by atoms with van der Waals surface area (Å²) in [6.07, 6.45) is 7.49. The van der Waals surface area contributed by atoms with Gasteiger partial charge in [-0.05, 0) is 6.42 Å². The van der Waals surface area contributed by atoms with E-state index in [0.29, 0.717) is 6.54 Å². The molecule has 4 N–H and O–H groups in total. The molecule has 0 radical (unpaired) electrons. The first-order valence-corrected chi connectivity index (χ1v) is 8.04. The highest BCUT2D eigenvalue weighted by Gasteiger charge is 2.08. The second kappa shape index (κ2) is 12.8. The molecule has 0 rings (SSSR count). The van der Waals surface area contributed by atoms with Crippen molar-refractivity contribution >= 4 is 10.0 Å². The molecular formula is C11H27BrN2O2S. The molecule has 0 fully saturated rings. The van der Waals surface area contributed by atoms with E-state index < -0.39 is 10.0 Å². The maximum Gasteiger partial charge on any atom is 0.211 e. The van der Waals surface area contributed by atoms with Crippen LogP contribution in [0.3, 0.4) is 0 Å². The Bertz CT molecular complexity index is 246. The van der Waals surface area contributed by atoms with E-state index in [1.165, 1.54) is 19.3 Å². The van der Waals surface area contributed by atoms with Crippen LogP contribution in [0.2, 0.25) is 0 Å². The van der Waals surface area contributed by atoms with Crippen LogP contribution >= 0.6 is 0 Å². The van der Waals surface area contributed by atoms with Crippen molar-refractivity contribution in [2.45, 2.75) is 51.9 Å². The van der Waals surface area contributed by atoms with Gasteiger partial charge in [-0.2, -0.15) is 0 Å². The molecule has 0 amide bonds. The third-order valence-corrected chi connectivity index (χ3v) is 3.99. The molecule has 4 nitrogen and oxygen atoms in total. The Morgan fingerprint density at radius 3 is 2.18 bits per heavy atom. The van der Waals surface area contributed by atoms with Crippen LogP contribution in [-0.4, -0.2) is 27.3 Å². The van der Waals surface area contributed by atoms with Gasteiger partial charge in [-0.3, -0.25) is 0 Å². The van der Waals surface area contributed by atoms with E-state index in [4.69, 9.17) is 0 Å². The van der Waals surface area contributed by atoms with Gasteiger partial charge in [0.25, 0.3) is 0 Å². The fourth-order valence-corrected chi connectivity index (χ4v) is 2.68. The van der Waals surface area contributed by atoms with Crippen molar-refractivity contribution in [3.63, 3.8) is 0 Å². The van der Waals surface area contributed by atoms with Gasteiger partial charge in [-0.1, -0.05) is 39.0 Å². The van der Waals surface area contributed by atoms with Crippen molar-refractivity contribution < 1.29 is 31.1 Å². The molecule has 0 atom stereocenters. The highest BCUT2D eigenvalue weighted by molar-refractivity contribution is 7.89. The predicted octanol–water partition coefficient (Wildman–Crippen LogP) is -2.10. The van der Waals surface area contributed by atoms with Crippen molar-refractivity contribution in [1.82, 2.24) is 4.72 Å². The molecule has 0 aromatic rings. The number of rotatable bonds is 11. The van der Waals surface area contributed by atoms with Crippen LogP contribution in [0, 0.1) is 0 Å². The molecular weight excluding hydrogens is 304 g/mol. The van der Waals surface area contributed by atoms with Gasteiger partial charge in [0.1, 0.15) is 0 Å². The summed E-state index contributed by atoms with van der Waals surface area (Å²) < 4.78 is 25.5. The van der Waals surface area contributed by atoms with Gasteiger partial charge in [-0.25, -0.2) is 13.1 Å². The Labute approximate surface area is 117 Å². The summed E-state index contributed by atoms with van der Waals surface area (Å²) >= 11 is 0. The van der Waals surface area contributed by atoms with Crippen LogP contribution in [0.15, 0.2) is 0 Å². The van der Waals surface area contributed by atoms with E-state index in [2.05, 4.69) is 17.4 Å². The van der Waals surface area contributed by atoms with E-state index in [9.17, 15) is 8.42 Å². The normalized spacial score (nSPS) is 11.2. The third-order valence-electron chi connectivity index (χ3n) is 2.52. The summed E-state index contributed by atoms with van der Waals surface area (Å²) in [5.74, 6) is 0.274. The zero-order chi connectivity index (χ0) is 12.3. The van der Waals surface area contributed by atoms with Crippen LogP contribution in [0.1, 0.15) is 51.9 Å². The molecule has 0 aromatic heterocycles. The first kappa shape index (κ1) is 19.7. The van der Waals surface area contributed by atoms with E-state index in [1.807, 2.05) is 0 Å². The molecule has 6 heteroatoms. The number of quaternary nitrogens is 1. The van der Waals surface area contributed by atoms with Gasteiger partial charge >= 0.3 is 0 Å². The molecule has 0 spiro atoms. The van der Waals surface area contributed by atoms with Crippen molar-refractivity contribution in [3.8, 4) is 0 Å². The zero-order valence-corrected chi connectivity index (χ0v) is 13.3. The maximum atomic E-state index is 11.5. The number of hydrogen-bond donors (Lipinski definition) is 2. The Morgan fingerprint density at radius 2 is 1.59 bits per heavy atom. The number of unbranched alkanes of at least 4 members (excludes halogenated alkanes) is 5. The Kier molecular flexibility index (Phi) is 14.8. The molecule has 17 heavy (non-hydrogen) atoms. The van der Waals surface area contributed by atoms with Crippen molar-refractivity contribution in [3.05, 3.63) is 0 Å². The molecule has 0 bridgehead atoms. The number of sulfonamides is 1. The van der Waals surface area contributed by atoms with Crippen molar-refractivity contribution in [1.29, 1.82) is 0 Å². The first-order valence-electron chi connectivity index (χ1n) is 6.39. The SMILES string of the molecule is CCCCCCCCS(=O)(=O)NCCC[NH3+].[Br-]. The lowest BCUT2D eigenvalue weighted by Crippen LogP contribution is -3.00. The minimum atomic E-state index is -3.02. The van der Waals surface area contributed by atoms with Gasteiger partial charge < -0.3 is 22.7 Å². The van der Waals surface area contributed by atoms with Gasteiger partial charge in [0.15, 0.2) is 0 Å². The van der Waals surface area contributed by atoms with Crippen LogP contribution in [0.5, 0.6) is 0 Å². The summed E-state index contributed by atoms with van der Waals surface area (Å²) in [6.45, 7) is 3.48. The Morgan fingerprint density at radius 1 is 1.00 bits per heavy atom. The number of nitrogens with one attached hydrogen (secondary N) is 1. The highest BCUT2D eigenvalue weighted by atomic mass is 79.9. The molecule has 0 saturated carbocycles. The lowest BCUT2D eigenvalue weighted by atomic mass is 10.1. The topological polar surface area (TPSA) is 73.8 Å². The second-order valence-electron chi connectivity index (χ2n) is 4.19. The van der Waals surface area contributed by atoms with Crippen LogP contribution in [0.4, 0.5) is 0 Å². The fraction of sp³-hybridized carbons (Fsp3) is 1.00. The summed E-state index contributed by atoms with van der Waals surface area (Å²) in [5, 5.41) is 0. The van der Waals surface area contributed by atoms with Crippen LogP contribution in [-0.2, 0) is 10.0 Å². The predicted molar refractivity (Wildman–Crippen MR) is 67.5 cm³/mol. The smallest absolute Gasteiger partial charge is 0.211 e. The molecule has 0 aliphatic rings. The number of halogens is 1. The van der Waals surface area contributed by atoms with Gasteiger partial charge in [0, 0.05) is 13.0 Å². The molecule has 0 saturated heterocycles. The summed E-state index contributed by atoms with van der Waals surface area (Å²) in [4.78, 5) is 0. The van der Waals surface area contributed by atoms with Crippen molar-refractivity contribution in [2.24, 2.45) is 0 Å². The largest absolute Gasteiger partial charge is 1.00 e. The third kappa shape index (κ3) is 14.3. The molecule has 0 aliphatic heterocycles. The standard InChI is InChI=1S/C11H26N2O2S.BrH/c1-2-3-4-5-6-7-11-16(14,15)13-10-8-9-12;/h13H,2-12H2,1H3;1H. The summed E-state index contributed by atoms with van der Waals surface area (Å²) in [7, 11) is -3.02. The average Bonchev–Trinajstić information content (AvgIpc) is 2.23. The molecule has 106 valence electrons.